The van der Waals surface area contributed by atoms with Gasteiger partial charge in [0.25, 0.3) is 0 Å². The summed E-state index contributed by atoms with van der Waals surface area (Å²) < 4.78 is 13.0. The van der Waals surface area contributed by atoms with Crippen molar-refractivity contribution < 1.29 is 9.18 Å². The summed E-state index contributed by atoms with van der Waals surface area (Å²) in [5, 5.41) is 9.65. The summed E-state index contributed by atoms with van der Waals surface area (Å²) in [6.45, 7) is 1.39. The van der Waals surface area contributed by atoms with Gasteiger partial charge in [0.05, 0.1) is 5.92 Å². The second kappa shape index (κ2) is 8.12. The Hall–Kier alpha value is -3.36. The average molecular weight is 381 g/mol. The molecule has 1 atom stereocenters. The molecule has 1 aliphatic rings. The second-order valence-corrected chi connectivity index (χ2v) is 6.73. The Morgan fingerprint density at radius 3 is 2.82 bits per heavy atom. The van der Waals surface area contributed by atoms with Gasteiger partial charge >= 0.3 is 0 Å². The fourth-order valence-corrected chi connectivity index (χ4v) is 3.27. The van der Waals surface area contributed by atoms with Gasteiger partial charge in [-0.05, 0) is 36.6 Å². The summed E-state index contributed by atoms with van der Waals surface area (Å²) >= 11 is 0. The van der Waals surface area contributed by atoms with E-state index in [2.05, 4.69) is 30.5 Å². The van der Waals surface area contributed by atoms with E-state index in [1.165, 1.54) is 12.1 Å². The van der Waals surface area contributed by atoms with E-state index < -0.39 is 0 Å². The Kier molecular flexibility index (Phi) is 5.22. The normalized spacial score (nSPS) is 16.8. The zero-order chi connectivity index (χ0) is 19.3. The number of H-pyrrole nitrogens is 1. The van der Waals surface area contributed by atoms with Gasteiger partial charge in [0.1, 0.15) is 11.6 Å². The molecule has 2 N–H and O–H groups in total. The number of piperidine rings is 1. The van der Waals surface area contributed by atoms with Crippen LogP contribution in [0.3, 0.4) is 0 Å². The van der Waals surface area contributed by atoms with E-state index >= 15 is 0 Å². The number of anilines is 2. The molecule has 3 heterocycles. The lowest BCUT2D eigenvalue weighted by Crippen LogP contribution is -2.41. The zero-order valence-electron chi connectivity index (χ0n) is 15.2. The molecule has 9 heteroatoms. The third-order valence-corrected chi connectivity index (χ3v) is 4.68. The van der Waals surface area contributed by atoms with E-state index in [4.69, 9.17) is 0 Å². The number of halogens is 1. The summed E-state index contributed by atoms with van der Waals surface area (Å²) in [5.41, 5.74) is 0.904. The number of nitrogens with one attached hydrogen (secondary N) is 2. The maximum absolute atomic E-state index is 13.0. The van der Waals surface area contributed by atoms with E-state index in [0.717, 1.165) is 24.9 Å². The van der Waals surface area contributed by atoms with Crippen molar-refractivity contribution in [2.75, 3.05) is 23.3 Å². The SMILES string of the molecule is O=C(Nc1n[nH]c(Cc2ccc(F)cc2)n1)C1CCCN(c2ncccn2)C1. The van der Waals surface area contributed by atoms with Crippen LogP contribution in [-0.2, 0) is 11.2 Å². The lowest BCUT2D eigenvalue weighted by atomic mass is 9.97. The molecule has 0 aliphatic carbocycles. The molecule has 144 valence electrons. The lowest BCUT2D eigenvalue weighted by molar-refractivity contribution is -0.120. The summed E-state index contributed by atoms with van der Waals surface area (Å²) in [7, 11) is 0. The Labute approximate surface area is 161 Å². The number of benzene rings is 1. The highest BCUT2D eigenvalue weighted by Crippen LogP contribution is 2.21. The largest absolute Gasteiger partial charge is 0.340 e. The minimum atomic E-state index is -0.281. The summed E-state index contributed by atoms with van der Waals surface area (Å²) in [6.07, 6.45) is 5.55. The molecular formula is C19H20FN7O. The molecule has 2 aromatic heterocycles. The number of hydrogen-bond acceptors (Lipinski definition) is 6. The maximum Gasteiger partial charge on any atom is 0.248 e. The molecule has 1 unspecified atom stereocenters. The number of carbonyl (C=O) groups is 1. The number of carbonyl (C=O) groups excluding carboxylic acids is 1. The van der Waals surface area contributed by atoms with Gasteiger partial charge in [-0.3, -0.25) is 15.2 Å². The van der Waals surface area contributed by atoms with Crippen molar-refractivity contribution in [1.29, 1.82) is 0 Å². The number of rotatable bonds is 5. The van der Waals surface area contributed by atoms with Gasteiger partial charge in [0.2, 0.25) is 17.8 Å². The average Bonchev–Trinajstić information content (AvgIpc) is 3.17. The molecule has 28 heavy (non-hydrogen) atoms. The molecule has 1 fully saturated rings. The molecule has 1 aromatic carbocycles. The quantitative estimate of drug-likeness (QED) is 0.703. The van der Waals surface area contributed by atoms with Crippen molar-refractivity contribution in [2.24, 2.45) is 5.92 Å². The zero-order valence-corrected chi connectivity index (χ0v) is 15.2. The van der Waals surface area contributed by atoms with Gasteiger partial charge < -0.3 is 4.90 Å². The van der Waals surface area contributed by atoms with Crippen molar-refractivity contribution >= 4 is 17.8 Å². The number of amides is 1. The molecule has 0 spiro atoms. The predicted octanol–water partition coefficient (Wildman–Crippen LogP) is 2.18. The molecular weight excluding hydrogens is 361 g/mol. The highest BCUT2D eigenvalue weighted by atomic mass is 19.1. The molecule has 0 bridgehead atoms. The fraction of sp³-hybridized carbons (Fsp3) is 0.316. The van der Waals surface area contributed by atoms with Crippen LogP contribution in [-0.4, -0.2) is 44.1 Å². The van der Waals surface area contributed by atoms with Gasteiger partial charge in [-0.2, -0.15) is 4.98 Å². The van der Waals surface area contributed by atoms with E-state index in [-0.39, 0.29) is 23.6 Å². The van der Waals surface area contributed by atoms with Crippen LogP contribution in [0.4, 0.5) is 16.3 Å². The van der Waals surface area contributed by atoms with Crippen molar-refractivity contribution in [1.82, 2.24) is 25.1 Å². The highest BCUT2D eigenvalue weighted by Gasteiger charge is 2.27. The van der Waals surface area contributed by atoms with Gasteiger partial charge in [0, 0.05) is 31.9 Å². The Morgan fingerprint density at radius 1 is 1.25 bits per heavy atom. The Bertz CT molecular complexity index is 929. The monoisotopic (exact) mass is 381 g/mol. The van der Waals surface area contributed by atoms with E-state index in [1.807, 2.05) is 4.90 Å². The molecule has 3 aromatic rings. The van der Waals surface area contributed by atoms with Gasteiger partial charge in [-0.1, -0.05) is 12.1 Å². The number of hydrogen-bond donors (Lipinski definition) is 2. The molecule has 1 saturated heterocycles. The highest BCUT2D eigenvalue weighted by molar-refractivity contribution is 5.91. The maximum atomic E-state index is 13.0. The summed E-state index contributed by atoms with van der Waals surface area (Å²) in [6, 6.07) is 7.96. The van der Waals surface area contributed by atoms with Crippen LogP contribution in [0.25, 0.3) is 0 Å². The standard InChI is InChI=1S/C19H20FN7O/c20-15-6-4-13(5-7-15)11-16-23-18(26-25-16)24-17(28)14-3-1-10-27(12-14)19-21-8-2-9-22-19/h2,4-9,14H,1,3,10-12H2,(H2,23,24,25,26,28). The predicted molar refractivity (Wildman–Crippen MR) is 101 cm³/mol. The lowest BCUT2D eigenvalue weighted by Gasteiger charge is -2.31. The van der Waals surface area contributed by atoms with Crippen LogP contribution >= 0.6 is 0 Å². The Morgan fingerprint density at radius 2 is 2.04 bits per heavy atom. The van der Waals surface area contributed by atoms with Crippen LogP contribution in [0.15, 0.2) is 42.7 Å². The minimum absolute atomic E-state index is 0.118. The number of aromatic nitrogens is 5. The molecule has 1 aliphatic heterocycles. The molecule has 0 saturated carbocycles. The minimum Gasteiger partial charge on any atom is -0.340 e. The second-order valence-electron chi connectivity index (χ2n) is 6.73. The summed E-state index contributed by atoms with van der Waals surface area (Å²) in [4.78, 5) is 27.5. The fourth-order valence-electron chi connectivity index (χ4n) is 3.27. The van der Waals surface area contributed by atoms with Crippen LogP contribution in [0.1, 0.15) is 24.2 Å². The van der Waals surface area contributed by atoms with E-state index in [9.17, 15) is 9.18 Å². The van der Waals surface area contributed by atoms with Gasteiger partial charge in [-0.15, -0.1) is 5.10 Å². The van der Waals surface area contributed by atoms with E-state index in [1.54, 1.807) is 30.6 Å². The van der Waals surface area contributed by atoms with Crippen LogP contribution in [0.2, 0.25) is 0 Å². The van der Waals surface area contributed by atoms with Crippen molar-refractivity contribution in [3.05, 3.63) is 59.9 Å². The first kappa shape index (κ1) is 18.0. The molecule has 1 amide bonds. The van der Waals surface area contributed by atoms with Gasteiger partial charge in [-0.25, -0.2) is 14.4 Å². The van der Waals surface area contributed by atoms with Crippen molar-refractivity contribution in [3.8, 4) is 0 Å². The number of aromatic amines is 1. The summed E-state index contributed by atoms with van der Waals surface area (Å²) in [5.74, 6) is 0.904. The first-order chi connectivity index (χ1) is 13.7. The van der Waals surface area contributed by atoms with Crippen LogP contribution < -0.4 is 10.2 Å². The Balaban J connectivity index is 1.36. The molecule has 4 rings (SSSR count). The van der Waals surface area contributed by atoms with Crippen LogP contribution in [0.5, 0.6) is 0 Å². The third kappa shape index (κ3) is 4.30. The third-order valence-electron chi connectivity index (χ3n) is 4.68. The van der Waals surface area contributed by atoms with Crippen LogP contribution in [0, 0.1) is 11.7 Å². The first-order valence-corrected chi connectivity index (χ1v) is 9.16. The molecule has 8 nitrogen and oxygen atoms in total. The first-order valence-electron chi connectivity index (χ1n) is 9.16. The van der Waals surface area contributed by atoms with E-state index in [0.29, 0.717) is 24.7 Å². The van der Waals surface area contributed by atoms with Crippen molar-refractivity contribution in [2.45, 2.75) is 19.3 Å². The number of nitrogens with zero attached hydrogens (tertiary/aromatic N) is 5. The topological polar surface area (TPSA) is 99.7 Å². The smallest absolute Gasteiger partial charge is 0.248 e. The molecule has 0 radical (unpaired) electrons. The van der Waals surface area contributed by atoms with Crippen molar-refractivity contribution in [3.63, 3.8) is 0 Å². The van der Waals surface area contributed by atoms with Gasteiger partial charge in [0.15, 0.2) is 0 Å².